The Balaban J connectivity index is 2.10. The van der Waals surface area contributed by atoms with Crippen LogP contribution in [0.3, 0.4) is 0 Å². The van der Waals surface area contributed by atoms with E-state index in [2.05, 4.69) is 18.8 Å². The van der Waals surface area contributed by atoms with E-state index in [0.29, 0.717) is 0 Å². The predicted octanol–water partition coefficient (Wildman–Crippen LogP) is 2.28. The van der Waals surface area contributed by atoms with Crippen LogP contribution in [0.25, 0.3) is 0 Å². The van der Waals surface area contributed by atoms with E-state index in [1.807, 2.05) is 19.1 Å². The Labute approximate surface area is 97.0 Å². The number of rotatable bonds is 3. The van der Waals surface area contributed by atoms with Gasteiger partial charge in [-0.1, -0.05) is 13.8 Å². The van der Waals surface area contributed by atoms with Crippen molar-refractivity contribution in [3.05, 3.63) is 24.0 Å². The second-order valence-electron chi connectivity index (χ2n) is 4.90. The van der Waals surface area contributed by atoms with Gasteiger partial charge in [-0.15, -0.1) is 0 Å². The Hall–Kier alpha value is -1.09. The van der Waals surface area contributed by atoms with Gasteiger partial charge in [0.25, 0.3) is 0 Å². The number of hydrogen-bond donors (Lipinski definition) is 1. The number of ether oxygens (including phenoxy) is 1. The lowest BCUT2D eigenvalue weighted by Gasteiger charge is -2.51. The zero-order valence-corrected chi connectivity index (χ0v) is 10.2. The number of nitrogens with zero attached hydrogens (tertiary/aromatic N) is 1. The van der Waals surface area contributed by atoms with Crippen LogP contribution in [0.2, 0.25) is 0 Å². The van der Waals surface area contributed by atoms with Crippen molar-refractivity contribution in [2.75, 3.05) is 0 Å². The first-order valence-corrected chi connectivity index (χ1v) is 5.91. The summed E-state index contributed by atoms with van der Waals surface area (Å²) in [6, 6.07) is 4.14. The van der Waals surface area contributed by atoms with Gasteiger partial charge in [-0.2, -0.15) is 0 Å². The monoisotopic (exact) mass is 220 g/mol. The molecular weight excluding hydrogens is 200 g/mol. The van der Waals surface area contributed by atoms with Crippen LogP contribution in [0.15, 0.2) is 18.3 Å². The van der Waals surface area contributed by atoms with Gasteiger partial charge in [0.15, 0.2) is 0 Å². The van der Waals surface area contributed by atoms with Gasteiger partial charge in [-0.05, 0) is 25.5 Å². The second-order valence-corrected chi connectivity index (χ2v) is 4.90. The van der Waals surface area contributed by atoms with Crippen molar-refractivity contribution in [1.29, 1.82) is 0 Å². The van der Waals surface area contributed by atoms with Crippen LogP contribution >= 0.6 is 0 Å². The van der Waals surface area contributed by atoms with Crippen LogP contribution in [0.1, 0.15) is 32.4 Å². The average Bonchev–Trinajstić information content (AvgIpc) is 2.30. The largest absolute Gasteiger partial charge is 0.488 e. The van der Waals surface area contributed by atoms with E-state index in [4.69, 9.17) is 10.5 Å². The van der Waals surface area contributed by atoms with Gasteiger partial charge in [-0.25, -0.2) is 0 Å². The number of pyridine rings is 1. The van der Waals surface area contributed by atoms with E-state index in [-0.39, 0.29) is 17.6 Å². The summed E-state index contributed by atoms with van der Waals surface area (Å²) >= 11 is 0. The Morgan fingerprint density at radius 2 is 2.38 bits per heavy atom. The van der Waals surface area contributed by atoms with Crippen LogP contribution in [0, 0.1) is 12.3 Å². The molecule has 2 N–H and O–H groups in total. The summed E-state index contributed by atoms with van der Waals surface area (Å²) in [5.41, 5.74) is 7.11. The molecule has 0 radical (unpaired) electrons. The summed E-state index contributed by atoms with van der Waals surface area (Å²) < 4.78 is 6.02. The molecule has 1 heterocycles. The molecule has 88 valence electrons. The quantitative estimate of drug-likeness (QED) is 0.850. The van der Waals surface area contributed by atoms with Gasteiger partial charge >= 0.3 is 0 Å². The molecule has 0 bridgehead atoms. The van der Waals surface area contributed by atoms with E-state index in [9.17, 15) is 0 Å². The predicted molar refractivity (Wildman–Crippen MR) is 64.4 cm³/mol. The molecule has 1 aliphatic rings. The molecule has 3 unspecified atom stereocenters. The van der Waals surface area contributed by atoms with Crippen molar-refractivity contribution in [3.8, 4) is 5.75 Å². The SMILES string of the molecule is CCC1(C)C(N)CC1Oc1cccnc1C. The average molecular weight is 220 g/mol. The second kappa shape index (κ2) is 4.06. The maximum Gasteiger partial charge on any atom is 0.140 e. The molecule has 0 amide bonds. The fourth-order valence-corrected chi connectivity index (χ4v) is 2.27. The molecule has 3 heteroatoms. The molecule has 0 aromatic carbocycles. The normalized spacial score (nSPS) is 33.2. The number of hydrogen-bond acceptors (Lipinski definition) is 3. The standard InChI is InChI=1S/C13H20N2O/c1-4-13(3)11(14)8-12(13)16-10-6-5-7-15-9(10)2/h5-7,11-12H,4,8,14H2,1-3H3. The first kappa shape index (κ1) is 11.4. The lowest BCUT2D eigenvalue weighted by atomic mass is 9.62. The summed E-state index contributed by atoms with van der Waals surface area (Å²) in [5, 5.41) is 0. The molecule has 1 saturated carbocycles. The summed E-state index contributed by atoms with van der Waals surface area (Å²) in [6.07, 6.45) is 4.01. The molecule has 2 rings (SSSR count). The molecule has 0 saturated heterocycles. The Morgan fingerprint density at radius 1 is 1.62 bits per heavy atom. The minimum atomic E-state index is 0.113. The third kappa shape index (κ3) is 1.69. The Morgan fingerprint density at radius 3 is 2.94 bits per heavy atom. The summed E-state index contributed by atoms with van der Waals surface area (Å²) in [4.78, 5) is 4.23. The molecule has 16 heavy (non-hydrogen) atoms. The van der Waals surface area contributed by atoms with Crippen LogP contribution in [0.5, 0.6) is 5.75 Å². The molecule has 0 aliphatic heterocycles. The van der Waals surface area contributed by atoms with Crippen LogP contribution < -0.4 is 10.5 Å². The maximum atomic E-state index is 6.05. The van der Waals surface area contributed by atoms with Crippen molar-refractivity contribution < 1.29 is 4.74 Å². The van der Waals surface area contributed by atoms with E-state index in [0.717, 1.165) is 24.3 Å². The third-order valence-corrected chi connectivity index (χ3v) is 4.04. The van der Waals surface area contributed by atoms with Crippen LogP contribution in [0.4, 0.5) is 0 Å². The van der Waals surface area contributed by atoms with E-state index in [1.54, 1.807) is 6.20 Å². The first-order valence-electron chi connectivity index (χ1n) is 5.91. The van der Waals surface area contributed by atoms with Crippen molar-refractivity contribution in [1.82, 2.24) is 4.98 Å². The minimum absolute atomic E-state index is 0.113. The van der Waals surface area contributed by atoms with Crippen LogP contribution in [-0.2, 0) is 0 Å². The van der Waals surface area contributed by atoms with Gasteiger partial charge in [0, 0.05) is 24.1 Å². The molecule has 1 aliphatic carbocycles. The van der Waals surface area contributed by atoms with Crippen molar-refractivity contribution in [2.24, 2.45) is 11.1 Å². The number of aromatic nitrogens is 1. The Kier molecular flexibility index (Phi) is 2.89. The zero-order valence-electron chi connectivity index (χ0n) is 10.2. The summed E-state index contributed by atoms with van der Waals surface area (Å²) in [7, 11) is 0. The highest BCUT2D eigenvalue weighted by atomic mass is 16.5. The molecule has 3 nitrogen and oxygen atoms in total. The highest BCUT2D eigenvalue weighted by molar-refractivity contribution is 5.26. The van der Waals surface area contributed by atoms with Gasteiger partial charge in [0.05, 0.1) is 5.69 Å². The summed E-state index contributed by atoms with van der Waals surface area (Å²) in [6.45, 7) is 6.35. The van der Waals surface area contributed by atoms with Crippen molar-refractivity contribution in [3.63, 3.8) is 0 Å². The highest BCUT2D eigenvalue weighted by Gasteiger charge is 2.50. The third-order valence-electron chi connectivity index (χ3n) is 4.04. The number of aryl methyl sites for hydroxylation is 1. The van der Waals surface area contributed by atoms with Crippen molar-refractivity contribution in [2.45, 2.75) is 45.8 Å². The molecule has 0 spiro atoms. The fraction of sp³-hybridized carbons (Fsp3) is 0.615. The molecule has 3 atom stereocenters. The lowest BCUT2D eigenvalue weighted by Crippen LogP contribution is -2.61. The zero-order chi connectivity index (χ0) is 11.8. The van der Waals surface area contributed by atoms with Gasteiger partial charge in [-0.3, -0.25) is 4.98 Å². The van der Waals surface area contributed by atoms with Crippen molar-refractivity contribution >= 4 is 0 Å². The smallest absolute Gasteiger partial charge is 0.140 e. The lowest BCUT2D eigenvalue weighted by molar-refractivity contribution is -0.0565. The van der Waals surface area contributed by atoms with Crippen LogP contribution in [-0.4, -0.2) is 17.1 Å². The van der Waals surface area contributed by atoms with E-state index in [1.165, 1.54) is 0 Å². The topological polar surface area (TPSA) is 48.1 Å². The summed E-state index contributed by atoms with van der Waals surface area (Å²) in [5.74, 6) is 0.888. The Bertz CT molecular complexity index is 380. The highest BCUT2D eigenvalue weighted by Crippen LogP contribution is 2.44. The number of nitrogens with two attached hydrogens (primary N) is 1. The first-order chi connectivity index (χ1) is 7.58. The minimum Gasteiger partial charge on any atom is -0.488 e. The molecular formula is C13H20N2O. The van der Waals surface area contributed by atoms with Gasteiger partial charge in [0.1, 0.15) is 11.9 Å². The molecule has 1 aromatic heterocycles. The van der Waals surface area contributed by atoms with E-state index >= 15 is 0 Å². The van der Waals surface area contributed by atoms with E-state index < -0.39 is 0 Å². The fourth-order valence-electron chi connectivity index (χ4n) is 2.27. The van der Waals surface area contributed by atoms with Gasteiger partial charge in [0.2, 0.25) is 0 Å². The maximum absolute atomic E-state index is 6.05. The molecule has 1 aromatic rings. The van der Waals surface area contributed by atoms with Gasteiger partial charge < -0.3 is 10.5 Å². The molecule has 1 fully saturated rings.